The second-order valence-corrected chi connectivity index (χ2v) is 8.58. The van der Waals surface area contributed by atoms with Crippen LogP contribution in [-0.4, -0.2) is 38.0 Å². The highest BCUT2D eigenvalue weighted by atomic mass is 79.9. The number of carbonyl (C=O) groups is 2. The van der Waals surface area contributed by atoms with Gasteiger partial charge in [-0.3, -0.25) is 9.59 Å². The van der Waals surface area contributed by atoms with E-state index in [-0.39, 0.29) is 17.7 Å². The van der Waals surface area contributed by atoms with Gasteiger partial charge in [0.25, 0.3) is 5.91 Å². The third kappa shape index (κ3) is 7.20. The summed E-state index contributed by atoms with van der Waals surface area (Å²) in [5.41, 5.74) is 2.57. The first kappa shape index (κ1) is 22.9. The predicted octanol–water partition coefficient (Wildman–Crippen LogP) is 4.15. The molecule has 2 amide bonds. The second kappa shape index (κ2) is 11.0. The topological polar surface area (TPSA) is 61.4 Å². The number of benzene rings is 2. The van der Waals surface area contributed by atoms with Crippen LogP contribution in [0.3, 0.4) is 0 Å². The Labute approximate surface area is 182 Å². The van der Waals surface area contributed by atoms with Crippen molar-refractivity contribution in [3.05, 3.63) is 64.1 Å². The summed E-state index contributed by atoms with van der Waals surface area (Å²) in [6.45, 7) is 7.15. The van der Waals surface area contributed by atoms with Crippen molar-refractivity contribution in [3.8, 4) is 0 Å². The Kier molecular flexibility index (Phi) is 8.70. The summed E-state index contributed by atoms with van der Waals surface area (Å²) in [6.07, 6.45) is 0.589. The standard InChI is InChI=1S/C23H30BrN3O2/c1-16(2)15-21(26-22(28)20-8-6-5-7-17(20)3)23(29)25-13-14-27(4)19-11-9-18(24)10-12-19/h5-12,16,21H,13-15H2,1-4H3,(H,25,29)(H,26,28). The molecule has 0 fully saturated rings. The number of carbonyl (C=O) groups excluding carboxylic acids is 2. The zero-order chi connectivity index (χ0) is 21.4. The highest BCUT2D eigenvalue weighted by molar-refractivity contribution is 9.10. The Morgan fingerprint density at radius 2 is 1.72 bits per heavy atom. The van der Waals surface area contributed by atoms with Crippen LogP contribution in [0.15, 0.2) is 53.0 Å². The second-order valence-electron chi connectivity index (χ2n) is 7.66. The molecule has 0 aliphatic rings. The van der Waals surface area contributed by atoms with Crippen molar-refractivity contribution >= 4 is 33.4 Å². The number of hydrogen-bond acceptors (Lipinski definition) is 3. The van der Waals surface area contributed by atoms with Gasteiger partial charge in [0.05, 0.1) is 0 Å². The maximum absolute atomic E-state index is 12.7. The number of amides is 2. The van der Waals surface area contributed by atoms with Crippen LogP contribution in [0, 0.1) is 12.8 Å². The molecule has 0 saturated carbocycles. The molecule has 5 nitrogen and oxygen atoms in total. The van der Waals surface area contributed by atoms with E-state index in [9.17, 15) is 9.59 Å². The normalized spacial score (nSPS) is 11.8. The lowest BCUT2D eigenvalue weighted by Crippen LogP contribution is -2.48. The van der Waals surface area contributed by atoms with Gasteiger partial charge in [0.1, 0.15) is 6.04 Å². The molecule has 1 atom stereocenters. The van der Waals surface area contributed by atoms with Crippen molar-refractivity contribution in [2.45, 2.75) is 33.2 Å². The summed E-state index contributed by atoms with van der Waals surface area (Å²) in [5, 5.41) is 5.88. The molecule has 2 N–H and O–H groups in total. The zero-order valence-electron chi connectivity index (χ0n) is 17.5. The lowest BCUT2D eigenvalue weighted by atomic mass is 10.0. The van der Waals surface area contributed by atoms with Gasteiger partial charge >= 0.3 is 0 Å². The first-order valence-electron chi connectivity index (χ1n) is 9.89. The van der Waals surface area contributed by atoms with Crippen LogP contribution in [0.2, 0.25) is 0 Å². The lowest BCUT2D eigenvalue weighted by molar-refractivity contribution is -0.123. The summed E-state index contributed by atoms with van der Waals surface area (Å²) in [4.78, 5) is 27.5. The first-order valence-corrected chi connectivity index (χ1v) is 10.7. The number of likely N-dealkylation sites (N-methyl/N-ethyl adjacent to an activating group) is 1. The number of rotatable bonds is 9. The third-order valence-corrected chi connectivity index (χ3v) is 5.26. The molecule has 2 rings (SSSR count). The number of anilines is 1. The largest absolute Gasteiger partial charge is 0.373 e. The molecule has 2 aromatic carbocycles. The van der Waals surface area contributed by atoms with Gasteiger partial charge in [-0.05, 0) is 55.2 Å². The van der Waals surface area contributed by atoms with E-state index in [0.29, 0.717) is 25.1 Å². The molecule has 156 valence electrons. The van der Waals surface area contributed by atoms with Crippen molar-refractivity contribution < 1.29 is 9.59 Å². The zero-order valence-corrected chi connectivity index (χ0v) is 19.1. The van der Waals surface area contributed by atoms with E-state index in [1.165, 1.54) is 0 Å². The smallest absolute Gasteiger partial charge is 0.252 e. The molecule has 0 spiro atoms. The predicted molar refractivity (Wildman–Crippen MR) is 122 cm³/mol. The monoisotopic (exact) mass is 459 g/mol. The van der Waals surface area contributed by atoms with Gasteiger partial charge in [0.15, 0.2) is 0 Å². The lowest BCUT2D eigenvalue weighted by Gasteiger charge is -2.23. The maximum atomic E-state index is 12.7. The fraction of sp³-hybridized carbons (Fsp3) is 0.391. The SMILES string of the molecule is Cc1ccccc1C(=O)NC(CC(C)C)C(=O)NCCN(C)c1ccc(Br)cc1. The van der Waals surface area contributed by atoms with Crippen LogP contribution in [-0.2, 0) is 4.79 Å². The van der Waals surface area contributed by atoms with Gasteiger partial charge in [0, 0.05) is 35.9 Å². The fourth-order valence-corrected chi connectivity index (χ4v) is 3.33. The van der Waals surface area contributed by atoms with Gasteiger partial charge in [-0.15, -0.1) is 0 Å². The fourth-order valence-electron chi connectivity index (χ4n) is 3.06. The third-order valence-electron chi connectivity index (χ3n) is 4.73. The van der Waals surface area contributed by atoms with Gasteiger partial charge in [0.2, 0.25) is 5.91 Å². The summed E-state index contributed by atoms with van der Waals surface area (Å²) in [5.74, 6) is -0.0749. The van der Waals surface area contributed by atoms with Crippen LogP contribution in [0.1, 0.15) is 36.2 Å². The molecule has 2 aromatic rings. The minimum atomic E-state index is -0.555. The molecule has 0 aromatic heterocycles. The van der Waals surface area contributed by atoms with Gasteiger partial charge in [-0.1, -0.05) is 48.0 Å². The average molecular weight is 460 g/mol. The van der Waals surface area contributed by atoms with Crippen LogP contribution < -0.4 is 15.5 Å². The molecule has 0 aliphatic heterocycles. The van der Waals surface area contributed by atoms with Gasteiger partial charge < -0.3 is 15.5 Å². The van der Waals surface area contributed by atoms with Gasteiger partial charge in [-0.25, -0.2) is 0 Å². The molecule has 0 radical (unpaired) electrons. The molecule has 0 bridgehead atoms. The van der Waals surface area contributed by atoms with Crippen molar-refractivity contribution in [2.75, 3.05) is 25.0 Å². The number of nitrogens with zero attached hydrogens (tertiary/aromatic N) is 1. The van der Waals surface area contributed by atoms with E-state index in [1.54, 1.807) is 6.07 Å². The minimum absolute atomic E-state index is 0.148. The van der Waals surface area contributed by atoms with Gasteiger partial charge in [-0.2, -0.15) is 0 Å². The number of halogens is 1. The molecule has 6 heteroatoms. The van der Waals surface area contributed by atoms with E-state index in [1.807, 2.05) is 70.3 Å². The summed E-state index contributed by atoms with van der Waals surface area (Å²) in [6, 6.07) is 14.9. The first-order chi connectivity index (χ1) is 13.8. The van der Waals surface area contributed by atoms with E-state index in [2.05, 4.69) is 31.5 Å². The van der Waals surface area contributed by atoms with E-state index >= 15 is 0 Å². The Morgan fingerprint density at radius 3 is 2.34 bits per heavy atom. The summed E-state index contributed by atoms with van der Waals surface area (Å²) in [7, 11) is 1.99. The molecule has 0 aliphatic carbocycles. The van der Waals surface area contributed by atoms with Crippen LogP contribution in [0.25, 0.3) is 0 Å². The Balaban J connectivity index is 1.93. The minimum Gasteiger partial charge on any atom is -0.373 e. The van der Waals surface area contributed by atoms with Crippen molar-refractivity contribution in [3.63, 3.8) is 0 Å². The molecule has 0 saturated heterocycles. The maximum Gasteiger partial charge on any atom is 0.252 e. The number of aryl methyl sites for hydroxylation is 1. The summed E-state index contributed by atoms with van der Waals surface area (Å²) >= 11 is 3.43. The number of hydrogen-bond donors (Lipinski definition) is 2. The molecule has 29 heavy (non-hydrogen) atoms. The van der Waals surface area contributed by atoms with Crippen molar-refractivity contribution in [1.29, 1.82) is 0 Å². The summed E-state index contributed by atoms with van der Waals surface area (Å²) < 4.78 is 1.03. The van der Waals surface area contributed by atoms with Crippen LogP contribution in [0.4, 0.5) is 5.69 Å². The molecular weight excluding hydrogens is 430 g/mol. The van der Waals surface area contributed by atoms with Crippen molar-refractivity contribution in [2.24, 2.45) is 5.92 Å². The quantitative estimate of drug-likeness (QED) is 0.591. The number of nitrogens with one attached hydrogen (secondary N) is 2. The van der Waals surface area contributed by atoms with Crippen LogP contribution in [0.5, 0.6) is 0 Å². The Morgan fingerprint density at radius 1 is 1.07 bits per heavy atom. The van der Waals surface area contributed by atoms with E-state index < -0.39 is 6.04 Å². The van der Waals surface area contributed by atoms with Crippen molar-refractivity contribution in [1.82, 2.24) is 10.6 Å². The van der Waals surface area contributed by atoms with Crippen LogP contribution >= 0.6 is 15.9 Å². The average Bonchev–Trinajstić information content (AvgIpc) is 2.67. The van der Waals surface area contributed by atoms with E-state index in [0.717, 1.165) is 15.7 Å². The van der Waals surface area contributed by atoms with E-state index in [4.69, 9.17) is 0 Å². The molecule has 1 unspecified atom stereocenters. The molecular formula is C23H30BrN3O2. The Hall–Kier alpha value is -2.34. The highest BCUT2D eigenvalue weighted by Crippen LogP contribution is 2.16. The molecule has 0 heterocycles. The highest BCUT2D eigenvalue weighted by Gasteiger charge is 2.23. The Bertz CT molecular complexity index is 821.